The van der Waals surface area contributed by atoms with Crippen LogP contribution in [0.4, 0.5) is 11.5 Å². The molecule has 7 nitrogen and oxygen atoms in total. The maximum Gasteiger partial charge on any atom is 0.337 e. The van der Waals surface area contributed by atoms with Crippen molar-refractivity contribution in [3.63, 3.8) is 0 Å². The zero-order valence-electron chi connectivity index (χ0n) is 11.1. The summed E-state index contributed by atoms with van der Waals surface area (Å²) < 4.78 is 0. The van der Waals surface area contributed by atoms with Gasteiger partial charge in [-0.1, -0.05) is 0 Å². The Morgan fingerprint density at radius 2 is 2.10 bits per heavy atom. The van der Waals surface area contributed by atoms with Gasteiger partial charge in [-0.25, -0.2) is 9.78 Å². The molecule has 1 aromatic rings. The van der Waals surface area contributed by atoms with E-state index < -0.39 is 5.97 Å². The van der Waals surface area contributed by atoms with E-state index in [4.69, 9.17) is 10.8 Å². The third-order valence-corrected chi connectivity index (χ3v) is 3.25. The summed E-state index contributed by atoms with van der Waals surface area (Å²) in [6.45, 7) is 2.11. The van der Waals surface area contributed by atoms with E-state index in [2.05, 4.69) is 10.3 Å². The number of hydrogen-bond acceptors (Lipinski definition) is 5. The van der Waals surface area contributed by atoms with Gasteiger partial charge in [-0.2, -0.15) is 0 Å². The Bertz CT molecular complexity index is 512. The van der Waals surface area contributed by atoms with Gasteiger partial charge in [0.15, 0.2) is 0 Å². The number of pyridine rings is 1. The van der Waals surface area contributed by atoms with Crippen molar-refractivity contribution in [1.29, 1.82) is 0 Å². The summed E-state index contributed by atoms with van der Waals surface area (Å²) in [6.07, 6.45) is 3.76. The lowest BCUT2D eigenvalue weighted by molar-refractivity contribution is -0.129. The highest BCUT2D eigenvalue weighted by Gasteiger charge is 2.17. The average Bonchev–Trinajstić information content (AvgIpc) is 2.94. The minimum atomic E-state index is -1.07. The van der Waals surface area contributed by atoms with Crippen LogP contribution in [-0.4, -0.2) is 46.5 Å². The number of nitrogen functional groups attached to an aromatic ring is 1. The van der Waals surface area contributed by atoms with Crippen molar-refractivity contribution < 1.29 is 14.7 Å². The number of hydrogen-bond donors (Lipinski definition) is 3. The SMILES string of the molecule is Nc1cc(C(=O)O)cnc1NCCC(=O)N1CCCC1. The predicted octanol–water partition coefficient (Wildman–Crippen LogP) is 0.786. The van der Waals surface area contributed by atoms with Crippen LogP contribution in [0.15, 0.2) is 12.3 Å². The number of rotatable bonds is 5. The van der Waals surface area contributed by atoms with Crippen LogP contribution in [0.25, 0.3) is 0 Å². The van der Waals surface area contributed by atoms with E-state index in [1.54, 1.807) is 0 Å². The molecule has 108 valence electrons. The van der Waals surface area contributed by atoms with Crippen LogP contribution in [0.3, 0.4) is 0 Å². The van der Waals surface area contributed by atoms with Gasteiger partial charge in [-0.3, -0.25) is 4.79 Å². The number of aromatic carboxylic acids is 1. The number of nitrogens with zero attached hydrogens (tertiary/aromatic N) is 2. The van der Waals surface area contributed by atoms with Crippen LogP contribution < -0.4 is 11.1 Å². The van der Waals surface area contributed by atoms with E-state index in [9.17, 15) is 9.59 Å². The summed E-state index contributed by atoms with van der Waals surface area (Å²) in [5.74, 6) is -0.542. The van der Waals surface area contributed by atoms with Gasteiger partial charge in [0, 0.05) is 32.3 Å². The topological polar surface area (TPSA) is 109 Å². The summed E-state index contributed by atoms with van der Waals surface area (Å²) >= 11 is 0. The molecular formula is C13H18N4O3. The minimum absolute atomic E-state index is 0.0428. The molecule has 1 saturated heterocycles. The summed E-state index contributed by atoms with van der Waals surface area (Å²) in [5, 5.41) is 11.8. The van der Waals surface area contributed by atoms with Crippen molar-refractivity contribution in [2.45, 2.75) is 19.3 Å². The third kappa shape index (κ3) is 3.37. The Kier molecular flexibility index (Phi) is 4.39. The number of anilines is 2. The lowest BCUT2D eigenvalue weighted by atomic mass is 10.2. The molecule has 20 heavy (non-hydrogen) atoms. The van der Waals surface area contributed by atoms with Crippen LogP contribution in [0.5, 0.6) is 0 Å². The van der Waals surface area contributed by atoms with Crippen LogP contribution in [0, 0.1) is 0 Å². The number of carbonyl (C=O) groups excluding carboxylic acids is 1. The molecule has 4 N–H and O–H groups in total. The molecule has 0 bridgehead atoms. The molecule has 1 aromatic heterocycles. The number of carboxylic acids is 1. The summed E-state index contributed by atoms with van der Waals surface area (Å²) in [5.41, 5.74) is 6.02. The van der Waals surface area contributed by atoms with Crippen molar-refractivity contribution in [3.8, 4) is 0 Å². The maximum atomic E-state index is 11.8. The second-order valence-electron chi connectivity index (χ2n) is 4.73. The molecule has 0 radical (unpaired) electrons. The van der Waals surface area contributed by atoms with E-state index in [1.807, 2.05) is 4.90 Å². The highest BCUT2D eigenvalue weighted by molar-refractivity contribution is 5.89. The van der Waals surface area contributed by atoms with E-state index in [0.29, 0.717) is 18.8 Å². The monoisotopic (exact) mass is 278 g/mol. The quantitative estimate of drug-likeness (QED) is 0.734. The first-order valence-electron chi connectivity index (χ1n) is 6.58. The Balaban J connectivity index is 1.84. The molecule has 1 aliphatic rings. The third-order valence-electron chi connectivity index (χ3n) is 3.25. The molecule has 0 aliphatic carbocycles. The van der Waals surface area contributed by atoms with E-state index in [-0.39, 0.29) is 17.2 Å². The van der Waals surface area contributed by atoms with Crippen LogP contribution in [0.1, 0.15) is 29.6 Å². The first-order chi connectivity index (χ1) is 9.58. The molecular weight excluding hydrogens is 260 g/mol. The van der Waals surface area contributed by atoms with Crippen molar-refractivity contribution in [2.24, 2.45) is 0 Å². The fourth-order valence-corrected chi connectivity index (χ4v) is 2.16. The van der Waals surface area contributed by atoms with Gasteiger partial charge in [0.2, 0.25) is 5.91 Å². The molecule has 2 rings (SSSR count). The number of amides is 1. The Hall–Kier alpha value is -2.31. The van der Waals surface area contributed by atoms with Crippen molar-refractivity contribution >= 4 is 23.4 Å². The molecule has 0 atom stereocenters. The van der Waals surface area contributed by atoms with Gasteiger partial charge in [0.05, 0.1) is 11.3 Å². The fraction of sp³-hybridized carbons (Fsp3) is 0.462. The number of nitrogens with one attached hydrogen (secondary N) is 1. The summed E-state index contributed by atoms with van der Waals surface area (Å²) in [6, 6.07) is 1.35. The normalized spacial score (nSPS) is 14.3. The number of aromatic nitrogens is 1. The molecule has 0 aromatic carbocycles. The van der Waals surface area contributed by atoms with Crippen LogP contribution in [0.2, 0.25) is 0 Å². The van der Waals surface area contributed by atoms with Crippen molar-refractivity contribution in [1.82, 2.24) is 9.88 Å². The van der Waals surface area contributed by atoms with Gasteiger partial charge in [0.1, 0.15) is 5.82 Å². The van der Waals surface area contributed by atoms with Gasteiger partial charge in [-0.15, -0.1) is 0 Å². The lowest BCUT2D eigenvalue weighted by Gasteiger charge is -2.15. The molecule has 1 aliphatic heterocycles. The Morgan fingerprint density at radius 1 is 1.40 bits per heavy atom. The van der Waals surface area contributed by atoms with Gasteiger partial charge in [0.25, 0.3) is 0 Å². The lowest BCUT2D eigenvalue weighted by Crippen LogP contribution is -2.29. The minimum Gasteiger partial charge on any atom is -0.478 e. The maximum absolute atomic E-state index is 11.8. The van der Waals surface area contributed by atoms with E-state index >= 15 is 0 Å². The summed E-state index contributed by atoms with van der Waals surface area (Å²) in [7, 11) is 0. The van der Waals surface area contributed by atoms with Crippen LogP contribution in [-0.2, 0) is 4.79 Å². The van der Waals surface area contributed by atoms with Crippen LogP contribution >= 0.6 is 0 Å². The number of carbonyl (C=O) groups is 2. The predicted molar refractivity (Wildman–Crippen MR) is 74.5 cm³/mol. The zero-order chi connectivity index (χ0) is 14.5. The van der Waals surface area contributed by atoms with Crippen molar-refractivity contribution in [2.75, 3.05) is 30.7 Å². The Morgan fingerprint density at radius 3 is 2.70 bits per heavy atom. The standard InChI is InChI=1S/C13H18N4O3/c14-10-7-9(13(19)20)8-16-12(10)15-4-3-11(18)17-5-1-2-6-17/h7-8H,1-6,14H2,(H,15,16)(H,19,20). The van der Waals surface area contributed by atoms with Gasteiger partial charge in [-0.05, 0) is 18.9 Å². The fourth-order valence-electron chi connectivity index (χ4n) is 2.16. The molecule has 0 spiro atoms. The van der Waals surface area contributed by atoms with Gasteiger partial charge < -0.3 is 21.1 Å². The molecule has 0 saturated carbocycles. The average molecular weight is 278 g/mol. The summed E-state index contributed by atoms with van der Waals surface area (Å²) in [4.78, 5) is 28.4. The Labute approximate surface area is 116 Å². The molecule has 2 heterocycles. The number of carboxylic acid groups (broad SMARTS) is 1. The molecule has 1 fully saturated rings. The highest BCUT2D eigenvalue weighted by Crippen LogP contribution is 2.16. The van der Waals surface area contributed by atoms with Gasteiger partial charge >= 0.3 is 5.97 Å². The number of likely N-dealkylation sites (tertiary alicyclic amines) is 1. The molecule has 1 amide bonds. The van der Waals surface area contributed by atoms with Crippen molar-refractivity contribution in [3.05, 3.63) is 17.8 Å². The molecule has 7 heteroatoms. The smallest absolute Gasteiger partial charge is 0.337 e. The highest BCUT2D eigenvalue weighted by atomic mass is 16.4. The number of nitrogens with two attached hydrogens (primary N) is 1. The van der Waals surface area contributed by atoms with E-state index in [0.717, 1.165) is 25.9 Å². The zero-order valence-corrected chi connectivity index (χ0v) is 11.1. The first kappa shape index (κ1) is 14.1. The second kappa shape index (κ2) is 6.23. The second-order valence-corrected chi connectivity index (χ2v) is 4.73. The molecule has 0 unspecified atom stereocenters. The van der Waals surface area contributed by atoms with E-state index in [1.165, 1.54) is 12.3 Å². The first-order valence-corrected chi connectivity index (χ1v) is 6.58. The largest absolute Gasteiger partial charge is 0.478 e.